The number of ether oxygens (including phenoxy) is 3. The molecule has 1 aromatic rings. The number of fused-ring (bicyclic) bond motifs is 2. The van der Waals surface area contributed by atoms with Crippen molar-refractivity contribution in [3.8, 4) is 17.2 Å². The zero-order valence-corrected chi connectivity index (χ0v) is 17.8. The first-order valence-electron chi connectivity index (χ1n) is 9.48. The first-order valence-corrected chi connectivity index (χ1v) is 9.86. The van der Waals surface area contributed by atoms with Crippen molar-refractivity contribution in [2.75, 3.05) is 14.2 Å². The van der Waals surface area contributed by atoms with E-state index in [1.807, 2.05) is 0 Å². The van der Waals surface area contributed by atoms with Gasteiger partial charge in [-0.25, -0.2) is 0 Å². The average Bonchev–Trinajstić information content (AvgIpc) is 2.92. The highest BCUT2D eigenvalue weighted by molar-refractivity contribution is 6.35. The van der Waals surface area contributed by atoms with Gasteiger partial charge in [0.15, 0.2) is 11.4 Å². The standard InChI is InChI=1S/C22H27ClO4/c1-11-8-9-12-18(21(4,5)20(12,2)3)22(11)19(24)15-13(25-6)10-14(26-7)16(23)17(15)27-22/h10-11H,8-9H2,1-7H3/t11-,22+/m1/s1. The van der Waals surface area contributed by atoms with Crippen LogP contribution in [0.4, 0.5) is 0 Å². The molecule has 1 heterocycles. The predicted octanol–water partition coefficient (Wildman–Crippen LogP) is 5.46. The Morgan fingerprint density at radius 1 is 1.11 bits per heavy atom. The maximum Gasteiger partial charge on any atom is 0.218 e. The highest BCUT2D eigenvalue weighted by atomic mass is 35.5. The Balaban J connectivity index is 1.99. The zero-order chi connectivity index (χ0) is 19.9. The molecule has 4 nitrogen and oxygen atoms in total. The molecule has 0 amide bonds. The summed E-state index contributed by atoms with van der Waals surface area (Å²) in [6, 6.07) is 1.67. The Morgan fingerprint density at radius 2 is 1.74 bits per heavy atom. The van der Waals surface area contributed by atoms with E-state index in [0.717, 1.165) is 18.4 Å². The summed E-state index contributed by atoms with van der Waals surface area (Å²) in [6.07, 6.45) is 1.92. The summed E-state index contributed by atoms with van der Waals surface area (Å²) in [6.45, 7) is 11.1. The van der Waals surface area contributed by atoms with Gasteiger partial charge < -0.3 is 14.2 Å². The molecule has 0 bridgehead atoms. The number of hydrogen-bond donors (Lipinski definition) is 0. The minimum Gasteiger partial charge on any atom is -0.496 e. The number of hydrogen-bond acceptors (Lipinski definition) is 4. The fourth-order valence-electron chi connectivity index (χ4n) is 5.34. The van der Waals surface area contributed by atoms with Crippen molar-refractivity contribution < 1.29 is 19.0 Å². The van der Waals surface area contributed by atoms with Crippen molar-refractivity contribution in [1.82, 2.24) is 0 Å². The highest BCUT2D eigenvalue weighted by Crippen LogP contribution is 2.70. The number of allylic oxidation sites excluding steroid dienone is 1. The van der Waals surface area contributed by atoms with Crippen LogP contribution in [0, 0.1) is 16.7 Å². The van der Waals surface area contributed by atoms with Gasteiger partial charge in [0.1, 0.15) is 22.1 Å². The van der Waals surface area contributed by atoms with Crippen LogP contribution in [0.15, 0.2) is 17.2 Å². The second kappa shape index (κ2) is 5.44. The van der Waals surface area contributed by atoms with E-state index in [0.29, 0.717) is 27.8 Å². The van der Waals surface area contributed by atoms with E-state index < -0.39 is 5.60 Å². The molecule has 146 valence electrons. The number of carbonyl (C=O) groups is 1. The van der Waals surface area contributed by atoms with Crippen molar-refractivity contribution in [2.45, 2.75) is 53.1 Å². The van der Waals surface area contributed by atoms with Crippen LogP contribution in [0.5, 0.6) is 17.2 Å². The summed E-state index contributed by atoms with van der Waals surface area (Å²) >= 11 is 6.55. The summed E-state index contributed by atoms with van der Waals surface area (Å²) in [4.78, 5) is 13.9. The Labute approximate surface area is 165 Å². The minimum absolute atomic E-state index is 0.0396. The Hall–Kier alpha value is -1.68. The Bertz CT molecular complexity index is 896. The molecule has 1 spiro atoms. The average molecular weight is 391 g/mol. The van der Waals surface area contributed by atoms with Crippen LogP contribution in [0.25, 0.3) is 0 Å². The molecule has 0 unspecified atom stereocenters. The molecule has 0 radical (unpaired) electrons. The van der Waals surface area contributed by atoms with Crippen LogP contribution >= 0.6 is 11.6 Å². The van der Waals surface area contributed by atoms with Gasteiger partial charge in [-0.3, -0.25) is 4.79 Å². The molecular weight excluding hydrogens is 364 g/mol. The van der Waals surface area contributed by atoms with E-state index in [9.17, 15) is 4.79 Å². The number of rotatable bonds is 2. The van der Waals surface area contributed by atoms with Crippen LogP contribution in [0.2, 0.25) is 5.02 Å². The molecule has 3 aliphatic rings. The van der Waals surface area contributed by atoms with Crippen molar-refractivity contribution >= 4 is 17.4 Å². The number of ketones is 1. The van der Waals surface area contributed by atoms with Crippen LogP contribution in [-0.2, 0) is 0 Å². The lowest BCUT2D eigenvalue weighted by atomic mass is 9.42. The second-order valence-corrected chi connectivity index (χ2v) is 9.39. The zero-order valence-electron chi connectivity index (χ0n) is 17.1. The van der Waals surface area contributed by atoms with E-state index in [-0.39, 0.29) is 22.5 Å². The normalized spacial score (nSPS) is 29.8. The number of carbonyl (C=O) groups excluding carboxylic acids is 1. The van der Waals surface area contributed by atoms with E-state index in [1.165, 1.54) is 5.57 Å². The van der Waals surface area contributed by atoms with Crippen molar-refractivity contribution in [3.63, 3.8) is 0 Å². The highest BCUT2D eigenvalue weighted by Gasteiger charge is 2.69. The molecular formula is C22H27ClO4. The molecule has 0 saturated carbocycles. The topological polar surface area (TPSA) is 44.8 Å². The van der Waals surface area contributed by atoms with Crippen LogP contribution in [0.1, 0.15) is 57.8 Å². The maximum atomic E-state index is 13.9. The minimum atomic E-state index is -1.00. The fourth-order valence-corrected chi connectivity index (χ4v) is 5.61. The van der Waals surface area contributed by atoms with Gasteiger partial charge >= 0.3 is 0 Å². The molecule has 5 heteroatoms. The lowest BCUT2D eigenvalue weighted by molar-refractivity contribution is -0.00940. The van der Waals surface area contributed by atoms with Crippen molar-refractivity contribution in [1.29, 1.82) is 0 Å². The molecule has 0 saturated heterocycles. The van der Waals surface area contributed by atoms with Gasteiger partial charge in [-0.1, -0.05) is 51.8 Å². The molecule has 27 heavy (non-hydrogen) atoms. The van der Waals surface area contributed by atoms with E-state index in [4.69, 9.17) is 25.8 Å². The monoisotopic (exact) mass is 390 g/mol. The van der Waals surface area contributed by atoms with Crippen LogP contribution < -0.4 is 14.2 Å². The molecule has 2 aliphatic carbocycles. The number of halogens is 1. The molecule has 4 rings (SSSR count). The summed E-state index contributed by atoms with van der Waals surface area (Å²) in [5.74, 6) is 1.30. The van der Waals surface area contributed by atoms with Gasteiger partial charge in [0.05, 0.1) is 14.2 Å². The predicted molar refractivity (Wildman–Crippen MR) is 105 cm³/mol. The molecule has 0 N–H and O–H groups in total. The number of Topliss-reactive ketones (excluding diaryl/α,β-unsaturated/α-hetero) is 1. The largest absolute Gasteiger partial charge is 0.496 e. The Morgan fingerprint density at radius 3 is 2.33 bits per heavy atom. The lowest BCUT2D eigenvalue weighted by Crippen LogP contribution is -2.63. The van der Waals surface area contributed by atoms with E-state index >= 15 is 0 Å². The summed E-state index contributed by atoms with van der Waals surface area (Å²) < 4.78 is 17.4. The first kappa shape index (κ1) is 18.7. The third-order valence-electron chi connectivity index (χ3n) is 7.56. The first-order chi connectivity index (χ1) is 12.6. The third kappa shape index (κ3) is 1.93. The van der Waals surface area contributed by atoms with Gasteiger partial charge in [-0.2, -0.15) is 0 Å². The summed E-state index contributed by atoms with van der Waals surface area (Å²) in [5.41, 5.74) is 1.83. The van der Waals surface area contributed by atoms with Gasteiger partial charge in [0.2, 0.25) is 5.78 Å². The fraction of sp³-hybridized carbons (Fsp3) is 0.591. The molecule has 0 fully saturated rings. The second-order valence-electron chi connectivity index (χ2n) is 9.01. The summed E-state index contributed by atoms with van der Waals surface area (Å²) in [7, 11) is 3.09. The van der Waals surface area contributed by atoms with Crippen molar-refractivity contribution in [2.24, 2.45) is 16.7 Å². The lowest BCUT2D eigenvalue weighted by Gasteiger charge is -2.63. The van der Waals surface area contributed by atoms with Crippen LogP contribution in [-0.4, -0.2) is 25.6 Å². The van der Waals surface area contributed by atoms with Gasteiger partial charge in [0, 0.05) is 12.0 Å². The molecule has 1 aromatic carbocycles. The van der Waals surface area contributed by atoms with Crippen molar-refractivity contribution in [3.05, 3.63) is 27.8 Å². The van der Waals surface area contributed by atoms with Gasteiger partial charge in [-0.15, -0.1) is 0 Å². The Kier molecular flexibility index (Phi) is 3.76. The number of benzene rings is 1. The SMILES string of the molecule is COc1cc(OC)c2c(c1Cl)O[C@]1(C2=O)C2=C(CC[C@H]1C)C(C)(C)C2(C)C. The molecule has 2 atom stereocenters. The van der Waals surface area contributed by atoms with Crippen LogP contribution in [0.3, 0.4) is 0 Å². The number of methoxy groups -OCH3 is 2. The van der Waals surface area contributed by atoms with Gasteiger partial charge in [-0.05, 0) is 29.2 Å². The quantitative estimate of drug-likeness (QED) is 0.628. The molecule has 1 aliphatic heterocycles. The van der Waals surface area contributed by atoms with Gasteiger partial charge in [0.25, 0.3) is 0 Å². The van der Waals surface area contributed by atoms with E-state index in [2.05, 4.69) is 34.6 Å². The summed E-state index contributed by atoms with van der Waals surface area (Å²) in [5, 5.41) is 0.329. The molecule has 0 aromatic heterocycles. The maximum absolute atomic E-state index is 13.9. The smallest absolute Gasteiger partial charge is 0.218 e. The van der Waals surface area contributed by atoms with E-state index in [1.54, 1.807) is 20.3 Å². The third-order valence-corrected chi connectivity index (χ3v) is 7.91.